The van der Waals surface area contributed by atoms with E-state index in [9.17, 15) is 13.3 Å². The van der Waals surface area contributed by atoms with Crippen LogP contribution in [-0.2, 0) is 33.5 Å². The third-order valence-corrected chi connectivity index (χ3v) is 1.66. The molecule has 1 aromatic heterocycles. The molecule has 14 heavy (non-hydrogen) atoms. The summed E-state index contributed by atoms with van der Waals surface area (Å²) in [5, 5.41) is 0. The van der Waals surface area contributed by atoms with E-state index in [-0.39, 0.29) is 5.88 Å². The van der Waals surface area contributed by atoms with Crippen molar-refractivity contribution in [3.05, 3.63) is 18.3 Å². The third kappa shape index (κ3) is 3.55. The molecule has 74 valence electrons. The molecule has 1 heterocycles. The molecule has 1 aromatic rings. The number of nitrogens with one attached hydrogen (secondary N) is 1. The molecule has 0 amide bonds. The zero-order valence-corrected chi connectivity index (χ0v) is 8.32. The zero-order chi connectivity index (χ0) is 10.4. The molecule has 6 nitrogen and oxygen atoms in total. The first kappa shape index (κ1) is 10.7. The van der Waals surface area contributed by atoms with Gasteiger partial charge in [0, 0.05) is 0 Å². The Morgan fingerprint density at radius 2 is 2.21 bits per heavy atom. The average molecular weight is 235 g/mol. The number of esters is 1. The fraction of sp³-hybridized carbons (Fsp3) is 0.143. The van der Waals surface area contributed by atoms with E-state index in [0.29, 0.717) is 0 Å². The minimum atomic E-state index is -1.71. The van der Waals surface area contributed by atoms with Gasteiger partial charge in [0.15, 0.2) is 0 Å². The molecule has 0 atom stereocenters. The van der Waals surface area contributed by atoms with E-state index < -0.39 is 34.9 Å². The fourth-order valence-corrected chi connectivity index (χ4v) is 0.958. The third-order valence-electron chi connectivity index (χ3n) is 1.22. The Morgan fingerprint density at radius 3 is 2.79 bits per heavy atom. The molecular formula is C7H6NO5V. The van der Waals surface area contributed by atoms with Crippen molar-refractivity contribution in [2.45, 2.75) is 6.42 Å². The minimum absolute atomic E-state index is 0.248. The van der Waals surface area contributed by atoms with Crippen LogP contribution < -0.4 is 4.74 Å². The van der Waals surface area contributed by atoms with Crippen molar-refractivity contribution in [1.29, 1.82) is 0 Å². The number of aromatic amines is 1. The monoisotopic (exact) mass is 235 g/mol. The van der Waals surface area contributed by atoms with E-state index in [0.717, 1.165) is 0 Å². The molecular weight excluding hydrogens is 229 g/mol. The van der Waals surface area contributed by atoms with Gasteiger partial charge in [0.25, 0.3) is 0 Å². The predicted octanol–water partition coefficient (Wildman–Crippen LogP) is 0.196. The van der Waals surface area contributed by atoms with Crippen molar-refractivity contribution in [3.8, 4) is 5.88 Å². The van der Waals surface area contributed by atoms with Crippen LogP contribution in [0.25, 0.3) is 0 Å². The van der Waals surface area contributed by atoms with Gasteiger partial charge in [-0.15, -0.1) is 0 Å². The van der Waals surface area contributed by atoms with Crippen LogP contribution >= 0.6 is 0 Å². The molecule has 0 bridgehead atoms. The maximum atomic E-state index is 11.0. The number of hydrogen-bond donors (Lipinski definition) is 1. The van der Waals surface area contributed by atoms with E-state index in [1.807, 2.05) is 0 Å². The summed E-state index contributed by atoms with van der Waals surface area (Å²) < 4.78 is 18.7. The van der Waals surface area contributed by atoms with E-state index in [2.05, 4.69) is 13.4 Å². The van der Waals surface area contributed by atoms with Crippen LogP contribution in [0.15, 0.2) is 18.3 Å². The van der Waals surface area contributed by atoms with E-state index in [4.69, 9.17) is 0 Å². The van der Waals surface area contributed by atoms with Crippen LogP contribution in [0.3, 0.4) is 0 Å². The number of rotatable bonds is 4. The summed E-state index contributed by atoms with van der Waals surface area (Å²) >= 11 is -1.71. The van der Waals surface area contributed by atoms with Crippen LogP contribution in [0, 0.1) is 0 Å². The van der Waals surface area contributed by atoms with Gasteiger partial charge < -0.3 is 0 Å². The van der Waals surface area contributed by atoms with Gasteiger partial charge in [-0.3, -0.25) is 0 Å². The SMILES string of the molecule is [O]=[V][O]C(=O)CC(=O)Oc1ccc[nH]1. The maximum absolute atomic E-state index is 11.0. The molecule has 0 spiro atoms. The molecule has 0 radical (unpaired) electrons. The van der Waals surface area contributed by atoms with Crippen molar-refractivity contribution < 1.29 is 38.2 Å². The molecule has 0 aliphatic carbocycles. The van der Waals surface area contributed by atoms with Gasteiger partial charge in [0.05, 0.1) is 0 Å². The summed E-state index contributed by atoms with van der Waals surface area (Å²) in [5.41, 5.74) is 0. The predicted molar refractivity (Wildman–Crippen MR) is 37.8 cm³/mol. The number of aromatic nitrogens is 1. The molecule has 0 saturated carbocycles. The summed E-state index contributed by atoms with van der Waals surface area (Å²) in [4.78, 5) is 24.3. The summed E-state index contributed by atoms with van der Waals surface area (Å²) in [6.07, 6.45) is 1.03. The molecule has 7 heteroatoms. The van der Waals surface area contributed by atoms with E-state index in [1.165, 1.54) is 6.07 Å². The van der Waals surface area contributed by atoms with Crippen molar-refractivity contribution in [2.75, 3.05) is 0 Å². The summed E-state index contributed by atoms with van der Waals surface area (Å²) in [7, 11) is 0. The van der Waals surface area contributed by atoms with Crippen molar-refractivity contribution in [1.82, 2.24) is 4.98 Å². The van der Waals surface area contributed by atoms with E-state index in [1.54, 1.807) is 12.3 Å². The van der Waals surface area contributed by atoms with Gasteiger partial charge >= 0.3 is 85.8 Å². The number of H-pyrrole nitrogens is 1. The molecule has 0 fully saturated rings. The second-order valence-corrected chi connectivity index (χ2v) is 2.74. The van der Waals surface area contributed by atoms with Gasteiger partial charge in [-0.1, -0.05) is 0 Å². The Balaban J connectivity index is 2.36. The van der Waals surface area contributed by atoms with Gasteiger partial charge in [0.2, 0.25) is 0 Å². The summed E-state index contributed by atoms with van der Waals surface area (Å²) in [5.74, 6) is -1.36. The van der Waals surface area contributed by atoms with Crippen LogP contribution in [0.2, 0.25) is 0 Å². The van der Waals surface area contributed by atoms with Crippen LogP contribution in [0.4, 0.5) is 0 Å². The Bertz CT molecular complexity index is 334. The molecule has 0 aliphatic heterocycles. The van der Waals surface area contributed by atoms with Crippen molar-refractivity contribution in [3.63, 3.8) is 0 Å². The standard InChI is InChI=1S/C7H7NO4.O.V/c9-6(10)4-7(11)12-5-2-1-3-8-5;;/h1-3,8H,4H2,(H,9,10);;/q;;+1/p-1. The Labute approximate surface area is 86.2 Å². The Hall–Kier alpha value is -1.40. The van der Waals surface area contributed by atoms with Crippen molar-refractivity contribution in [2.24, 2.45) is 0 Å². The van der Waals surface area contributed by atoms with Crippen LogP contribution in [0.5, 0.6) is 5.88 Å². The number of ether oxygens (including phenoxy) is 1. The number of hydrogen-bond acceptors (Lipinski definition) is 5. The average Bonchev–Trinajstić information content (AvgIpc) is 2.56. The number of carbonyl (C=O) groups excluding carboxylic acids is 2. The number of carbonyl (C=O) groups is 2. The molecule has 1 N–H and O–H groups in total. The topological polar surface area (TPSA) is 85.5 Å². The fourth-order valence-electron chi connectivity index (χ4n) is 0.728. The normalized spacial score (nSPS) is 9.14. The first-order valence-corrected chi connectivity index (χ1v) is 4.73. The first-order valence-electron chi connectivity index (χ1n) is 3.59. The first-order chi connectivity index (χ1) is 6.72. The molecule has 0 aliphatic rings. The second kappa shape index (κ2) is 5.36. The zero-order valence-electron chi connectivity index (χ0n) is 6.93. The van der Waals surface area contributed by atoms with Gasteiger partial charge in [-0.25, -0.2) is 0 Å². The molecule has 0 saturated heterocycles. The Kier molecular flexibility index (Phi) is 4.09. The van der Waals surface area contributed by atoms with Crippen LogP contribution in [-0.4, -0.2) is 16.9 Å². The van der Waals surface area contributed by atoms with Crippen LogP contribution in [0.1, 0.15) is 6.42 Å². The van der Waals surface area contributed by atoms with Gasteiger partial charge in [0.1, 0.15) is 0 Å². The second-order valence-electron chi connectivity index (χ2n) is 2.22. The summed E-state index contributed by atoms with van der Waals surface area (Å²) in [6.45, 7) is 0. The molecule has 1 rings (SSSR count). The summed E-state index contributed by atoms with van der Waals surface area (Å²) in [6, 6.07) is 3.17. The quantitative estimate of drug-likeness (QED) is 0.595. The molecule has 0 unspecified atom stereocenters. The Morgan fingerprint density at radius 1 is 1.43 bits per heavy atom. The molecule has 0 aromatic carbocycles. The van der Waals surface area contributed by atoms with Gasteiger partial charge in [-0.2, -0.15) is 0 Å². The van der Waals surface area contributed by atoms with Crippen molar-refractivity contribution >= 4 is 11.9 Å². The van der Waals surface area contributed by atoms with Gasteiger partial charge in [-0.05, 0) is 0 Å². The van der Waals surface area contributed by atoms with E-state index >= 15 is 0 Å².